The zero-order chi connectivity index (χ0) is 12.5. The monoisotopic (exact) mass is 267 g/mol. The van der Waals surface area contributed by atoms with Crippen molar-refractivity contribution in [3.8, 4) is 0 Å². The van der Waals surface area contributed by atoms with E-state index in [-0.39, 0.29) is 0 Å². The van der Waals surface area contributed by atoms with Crippen LogP contribution in [0.25, 0.3) is 0 Å². The van der Waals surface area contributed by atoms with Crippen molar-refractivity contribution >= 4 is 16.5 Å². The van der Waals surface area contributed by atoms with Gasteiger partial charge in [-0.15, -0.1) is 0 Å². The van der Waals surface area contributed by atoms with E-state index in [1.165, 1.54) is 37.2 Å². The highest BCUT2D eigenvalue weighted by Crippen LogP contribution is 2.29. The zero-order valence-electron chi connectivity index (χ0n) is 10.8. The summed E-state index contributed by atoms with van der Waals surface area (Å²) in [6.45, 7) is 3.40. The van der Waals surface area contributed by atoms with E-state index in [0.717, 1.165) is 23.8 Å². The number of likely N-dealkylation sites (tertiary alicyclic amines) is 1. The van der Waals surface area contributed by atoms with Crippen molar-refractivity contribution in [3.63, 3.8) is 0 Å². The van der Waals surface area contributed by atoms with Crippen LogP contribution in [0.2, 0.25) is 0 Å². The van der Waals surface area contributed by atoms with E-state index < -0.39 is 0 Å². The average molecular weight is 267 g/mol. The first-order valence-corrected chi connectivity index (χ1v) is 7.43. The molecule has 0 aromatic carbocycles. The smallest absolute Gasteiger partial charge is 0.197 e. The third kappa shape index (κ3) is 2.38. The van der Waals surface area contributed by atoms with Gasteiger partial charge in [-0.1, -0.05) is 11.3 Å². The lowest BCUT2D eigenvalue weighted by Gasteiger charge is -2.25. The van der Waals surface area contributed by atoms with E-state index in [1.807, 2.05) is 6.20 Å². The molecule has 18 heavy (non-hydrogen) atoms. The van der Waals surface area contributed by atoms with E-state index in [9.17, 15) is 0 Å². The molecule has 0 saturated carbocycles. The van der Waals surface area contributed by atoms with Crippen LogP contribution >= 0.6 is 11.3 Å². The molecule has 0 spiro atoms. The van der Waals surface area contributed by atoms with Gasteiger partial charge in [-0.25, -0.2) is 10.8 Å². The van der Waals surface area contributed by atoms with Gasteiger partial charge >= 0.3 is 0 Å². The molecule has 2 atom stereocenters. The number of nitrogens with two attached hydrogens (primary N) is 1. The Morgan fingerprint density at radius 2 is 2.28 bits per heavy atom. The van der Waals surface area contributed by atoms with Gasteiger partial charge in [-0.2, -0.15) is 0 Å². The topological polar surface area (TPSA) is 57.4 Å². The molecular formula is C12H21N5S. The molecule has 3 rings (SSSR count). The number of aromatic nitrogens is 1. The van der Waals surface area contributed by atoms with Gasteiger partial charge < -0.3 is 0 Å². The maximum absolute atomic E-state index is 5.37. The van der Waals surface area contributed by atoms with Crippen LogP contribution < -0.4 is 11.3 Å². The SMILES string of the molecule is CN1C2CCC1CN(Cc1cnc(NN)s1)CC2. The van der Waals surface area contributed by atoms with Crippen molar-refractivity contribution in [2.24, 2.45) is 5.84 Å². The van der Waals surface area contributed by atoms with Gasteiger partial charge in [0.25, 0.3) is 0 Å². The van der Waals surface area contributed by atoms with Gasteiger partial charge in [0, 0.05) is 42.8 Å². The largest absolute Gasteiger partial charge is 0.300 e. The summed E-state index contributed by atoms with van der Waals surface area (Å²) >= 11 is 1.65. The van der Waals surface area contributed by atoms with E-state index in [1.54, 1.807) is 11.3 Å². The number of nitrogen functional groups attached to an aromatic ring is 1. The standard InChI is InChI=1S/C12H21N5S/c1-16-9-2-3-10(16)7-17(5-4-9)8-11-6-14-12(15-13)18-11/h6,9-10H,2-5,7-8,13H2,1H3,(H,14,15). The van der Waals surface area contributed by atoms with Gasteiger partial charge in [-0.3, -0.25) is 15.2 Å². The lowest BCUT2D eigenvalue weighted by atomic mass is 10.1. The van der Waals surface area contributed by atoms with Crippen molar-refractivity contribution in [3.05, 3.63) is 11.1 Å². The molecular weight excluding hydrogens is 246 g/mol. The third-order valence-electron chi connectivity index (χ3n) is 4.29. The summed E-state index contributed by atoms with van der Waals surface area (Å²) in [6.07, 6.45) is 5.98. The van der Waals surface area contributed by atoms with Gasteiger partial charge in [-0.05, 0) is 26.3 Å². The number of nitrogens with zero attached hydrogens (tertiary/aromatic N) is 3. The molecule has 1 aromatic heterocycles. The molecule has 1 aromatic rings. The highest BCUT2D eigenvalue weighted by Gasteiger charge is 2.34. The van der Waals surface area contributed by atoms with Crippen LogP contribution in [0.5, 0.6) is 0 Å². The Morgan fingerprint density at radius 1 is 1.44 bits per heavy atom. The second-order valence-corrected chi connectivity index (χ2v) is 6.47. The minimum absolute atomic E-state index is 0.748. The summed E-state index contributed by atoms with van der Waals surface area (Å²) in [6, 6.07) is 1.56. The summed E-state index contributed by atoms with van der Waals surface area (Å²) < 4.78 is 0. The van der Waals surface area contributed by atoms with Gasteiger partial charge in [0.15, 0.2) is 5.13 Å². The van der Waals surface area contributed by atoms with Crippen molar-refractivity contribution in [2.45, 2.75) is 37.9 Å². The first-order chi connectivity index (χ1) is 8.76. The highest BCUT2D eigenvalue weighted by atomic mass is 32.1. The quantitative estimate of drug-likeness (QED) is 0.634. The number of thiazole rings is 1. The molecule has 2 saturated heterocycles. The van der Waals surface area contributed by atoms with Crippen molar-refractivity contribution in [1.29, 1.82) is 0 Å². The van der Waals surface area contributed by atoms with E-state index in [4.69, 9.17) is 5.84 Å². The lowest BCUT2D eigenvalue weighted by molar-refractivity contribution is 0.215. The predicted octanol–water partition coefficient (Wildman–Crippen LogP) is 1.10. The van der Waals surface area contributed by atoms with Crippen LogP contribution in [0.15, 0.2) is 6.20 Å². The van der Waals surface area contributed by atoms with Crippen LogP contribution in [-0.4, -0.2) is 47.0 Å². The van der Waals surface area contributed by atoms with Gasteiger partial charge in [0.05, 0.1) is 0 Å². The van der Waals surface area contributed by atoms with Crippen molar-refractivity contribution in [2.75, 3.05) is 25.6 Å². The molecule has 3 N–H and O–H groups in total. The molecule has 5 nitrogen and oxygen atoms in total. The molecule has 2 fully saturated rings. The number of anilines is 1. The van der Waals surface area contributed by atoms with Crippen LogP contribution in [-0.2, 0) is 6.54 Å². The molecule has 100 valence electrons. The fourth-order valence-electron chi connectivity index (χ4n) is 3.19. The second kappa shape index (κ2) is 5.13. The number of rotatable bonds is 3. The van der Waals surface area contributed by atoms with Crippen LogP contribution in [0, 0.1) is 0 Å². The van der Waals surface area contributed by atoms with Crippen LogP contribution in [0.3, 0.4) is 0 Å². The average Bonchev–Trinajstić information content (AvgIpc) is 2.89. The Hall–Kier alpha value is -0.690. The molecule has 0 aliphatic carbocycles. The van der Waals surface area contributed by atoms with Crippen LogP contribution in [0.4, 0.5) is 5.13 Å². The minimum atomic E-state index is 0.748. The van der Waals surface area contributed by atoms with Crippen LogP contribution in [0.1, 0.15) is 24.1 Å². The maximum atomic E-state index is 5.37. The number of likely N-dealkylation sites (N-methyl/N-ethyl adjacent to an activating group) is 1. The van der Waals surface area contributed by atoms with Gasteiger partial charge in [0.2, 0.25) is 0 Å². The molecule has 2 aliphatic rings. The third-order valence-corrected chi connectivity index (χ3v) is 5.20. The van der Waals surface area contributed by atoms with E-state index in [0.29, 0.717) is 0 Å². The molecule has 2 aliphatic heterocycles. The van der Waals surface area contributed by atoms with Crippen molar-refractivity contribution < 1.29 is 0 Å². The number of hydrogen-bond acceptors (Lipinski definition) is 6. The summed E-state index contributed by atoms with van der Waals surface area (Å²) in [7, 11) is 2.29. The highest BCUT2D eigenvalue weighted by molar-refractivity contribution is 7.15. The summed E-state index contributed by atoms with van der Waals surface area (Å²) in [4.78, 5) is 10.7. The first-order valence-electron chi connectivity index (χ1n) is 6.62. The van der Waals surface area contributed by atoms with Gasteiger partial charge in [0.1, 0.15) is 0 Å². The zero-order valence-corrected chi connectivity index (χ0v) is 11.6. The predicted molar refractivity (Wildman–Crippen MR) is 74.4 cm³/mol. The summed E-state index contributed by atoms with van der Waals surface area (Å²) in [5.74, 6) is 5.37. The Labute approximate surface area is 112 Å². The number of fused-ring (bicyclic) bond motifs is 2. The second-order valence-electron chi connectivity index (χ2n) is 5.35. The normalized spacial score (nSPS) is 29.4. The number of nitrogens with one attached hydrogen (secondary N) is 1. The van der Waals surface area contributed by atoms with E-state index >= 15 is 0 Å². The molecule has 2 unspecified atom stereocenters. The van der Waals surface area contributed by atoms with Crippen molar-refractivity contribution in [1.82, 2.24) is 14.8 Å². The molecule has 0 radical (unpaired) electrons. The fourth-order valence-corrected chi connectivity index (χ4v) is 3.96. The molecule has 3 heterocycles. The Bertz CT molecular complexity index is 407. The Balaban J connectivity index is 1.63. The lowest BCUT2D eigenvalue weighted by Crippen LogP contribution is -2.36. The first kappa shape index (κ1) is 12.3. The Morgan fingerprint density at radius 3 is 3.06 bits per heavy atom. The summed E-state index contributed by atoms with van der Waals surface area (Å²) in [5.41, 5.74) is 2.61. The van der Waals surface area contributed by atoms with E-state index in [2.05, 4.69) is 27.3 Å². The minimum Gasteiger partial charge on any atom is -0.300 e. The molecule has 0 amide bonds. The maximum Gasteiger partial charge on any atom is 0.197 e. The number of hydrazine groups is 1. The summed E-state index contributed by atoms with van der Waals surface area (Å²) in [5, 5.41) is 0.804. The molecule has 2 bridgehead atoms. The Kier molecular flexibility index (Phi) is 3.52. The number of hydrogen-bond donors (Lipinski definition) is 2. The molecule has 6 heteroatoms. The fraction of sp³-hybridized carbons (Fsp3) is 0.750.